The van der Waals surface area contributed by atoms with Crippen LogP contribution in [0.5, 0.6) is 23.0 Å². The fraction of sp³-hybridized carbons (Fsp3) is 0.0526. The molecule has 0 radical (unpaired) electrons. The van der Waals surface area contributed by atoms with E-state index < -0.39 is 0 Å². The Morgan fingerprint density at radius 1 is 0.875 bits per heavy atom. The third-order valence-electron chi connectivity index (χ3n) is 4.06. The maximum absolute atomic E-state index is 10.7. The van der Waals surface area contributed by atoms with Gasteiger partial charge in [-0.3, -0.25) is 0 Å². The highest BCUT2D eigenvalue weighted by atomic mass is 16.5. The Labute approximate surface area is 137 Å². The number of hydrogen-bond donors (Lipinski definition) is 3. The summed E-state index contributed by atoms with van der Waals surface area (Å²) in [5, 5.41) is 31.1. The molecule has 0 amide bonds. The van der Waals surface area contributed by atoms with E-state index in [-0.39, 0.29) is 22.8 Å². The fourth-order valence-electron chi connectivity index (χ4n) is 2.91. The molecule has 0 aliphatic rings. The van der Waals surface area contributed by atoms with E-state index in [4.69, 9.17) is 9.15 Å². The molecule has 4 rings (SSSR count). The monoisotopic (exact) mass is 322 g/mol. The molecule has 3 aromatic carbocycles. The molecular formula is C19H14O5. The van der Waals surface area contributed by atoms with Crippen LogP contribution in [-0.4, -0.2) is 22.4 Å². The van der Waals surface area contributed by atoms with Crippen molar-refractivity contribution in [2.75, 3.05) is 7.11 Å². The van der Waals surface area contributed by atoms with Gasteiger partial charge in [-0.1, -0.05) is 12.1 Å². The molecule has 1 aromatic heterocycles. The van der Waals surface area contributed by atoms with Crippen LogP contribution in [0.4, 0.5) is 0 Å². The molecule has 0 aliphatic carbocycles. The van der Waals surface area contributed by atoms with Gasteiger partial charge in [0.15, 0.2) is 11.3 Å². The van der Waals surface area contributed by atoms with Gasteiger partial charge in [0, 0.05) is 17.0 Å². The quantitative estimate of drug-likeness (QED) is 0.510. The molecule has 0 atom stereocenters. The van der Waals surface area contributed by atoms with Crippen LogP contribution in [0.2, 0.25) is 0 Å². The summed E-state index contributed by atoms with van der Waals surface area (Å²) in [6, 6.07) is 13.0. The molecule has 0 fully saturated rings. The summed E-state index contributed by atoms with van der Waals surface area (Å²) in [6.45, 7) is 0. The summed E-state index contributed by atoms with van der Waals surface area (Å²) in [5.74, 6) is 0.756. The minimum atomic E-state index is -0.0211. The van der Waals surface area contributed by atoms with E-state index in [0.29, 0.717) is 27.8 Å². The van der Waals surface area contributed by atoms with Crippen LogP contribution in [0.15, 0.2) is 52.9 Å². The summed E-state index contributed by atoms with van der Waals surface area (Å²) < 4.78 is 11.2. The zero-order valence-corrected chi connectivity index (χ0v) is 12.8. The normalized spacial score (nSPS) is 11.2. The van der Waals surface area contributed by atoms with Crippen molar-refractivity contribution in [1.82, 2.24) is 0 Å². The molecule has 0 unspecified atom stereocenters. The molecule has 0 aliphatic heterocycles. The largest absolute Gasteiger partial charge is 0.508 e. The number of aromatic hydroxyl groups is 3. The second kappa shape index (κ2) is 5.09. The standard InChI is InChI=1S/C19H14O5/c1-23-16-9-14(10-2-4-11(20)5-3-10)18(22)19-17(16)13-7-6-12(21)8-15(13)24-19/h2-9,20-22H,1H3. The molecule has 0 saturated heterocycles. The van der Waals surface area contributed by atoms with Crippen molar-refractivity contribution in [1.29, 1.82) is 0 Å². The van der Waals surface area contributed by atoms with E-state index in [0.717, 1.165) is 5.39 Å². The first-order valence-electron chi connectivity index (χ1n) is 7.33. The van der Waals surface area contributed by atoms with E-state index in [1.165, 1.54) is 6.07 Å². The summed E-state index contributed by atoms with van der Waals surface area (Å²) in [7, 11) is 1.55. The van der Waals surface area contributed by atoms with Crippen molar-refractivity contribution < 1.29 is 24.5 Å². The van der Waals surface area contributed by atoms with Gasteiger partial charge in [0.05, 0.1) is 12.5 Å². The first kappa shape index (κ1) is 14.3. The topological polar surface area (TPSA) is 83.1 Å². The van der Waals surface area contributed by atoms with Crippen LogP contribution in [0.1, 0.15) is 0 Å². The molecule has 4 aromatic rings. The highest BCUT2D eigenvalue weighted by Crippen LogP contribution is 2.46. The van der Waals surface area contributed by atoms with Gasteiger partial charge in [-0.25, -0.2) is 0 Å². The number of methoxy groups -OCH3 is 1. The number of hydrogen-bond acceptors (Lipinski definition) is 5. The van der Waals surface area contributed by atoms with Crippen LogP contribution in [0.25, 0.3) is 33.1 Å². The predicted molar refractivity (Wildman–Crippen MR) is 90.7 cm³/mol. The summed E-state index contributed by atoms with van der Waals surface area (Å²) >= 11 is 0. The van der Waals surface area contributed by atoms with Crippen LogP contribution >= 0.6 is 0 Å². The Balaban J connectivity index is 2.09. The molecule has 0 saturated carbocycles. The lowest BCUT2D eigenvalue weighted by molar-refractivity contribution is 0.418. The molecular weight excluding hydrogens is 308 g/mol. The number of rotatable bonds is 2. The van der Waals surface area contributed by atoms with Gasteiger partial charge in [-0.15, -0.1) is 0 Å². The van der Waals surface area contributed by atoms with Crippen molar-refractivity contribution in [3.05, 3.63) is 48.5 Å². The maximum Gasteiger partial charge on any atom is 0.181 e. The maximum atomic E-state index is 10.7. The number of ether oxygens (including phenoxy) is 1. The van der Waals surface area contributed by atoms with Gasteiger partial charge in [-0.2, -0.15) is 0 Å². The molecule has 1 heterocycles. The van der Waals surface area contributed by atoms with Crippen molar-refractivity contribution >= 4 is 21.9 Å². The van der Waals surface area contributed by atoms with E-state index in [2.05, 4.69) is 0 Å². The first-order valence-corrected chi connectivity index (χ1v) is 7.33. The van der Waals surface area contributed by atoms with Crippen LogP contribution < -0.4 is 4.74 Å². The van der Waals surface area contributed by atoms with E-state index >= 15 is 0 Å². The zero-order chi connectivity index (χ0) is 16.8. The number of furan rings is 1. The molecule has 24 heavy (non-hydrogen) atoms. The molecule has 3 N–H and O–H groups in total. The third kappa shape index (κ3) is 2.02. The summed E-state index contributed by atoms with van der Waals surface area (Å²) in [4.78, 5) is 0. The second-order valence-corrected chi connectivity index (χ2v) is 5.51. The van der Waals surface area contributed by atoms with E-state index in [9.17, 15) is 15.3 Å². The lowest BCUT2D eigenvalue weighted by Gasteiger charge is -2.09. The molecule has 0 spiro atoms. The Bertz CT molecular complexity index is 1060. The lowest BCUT2D eigenvalue weighted by atomic mass is 10.0. The molecule has 120 valence electrons. The smallest absolute Gasteiger partial charge is 0.181 e. The third-order valence-corrected chi connectivity index (χ3v) is 4.06. The Hall–Kier alpha value is -3.34. The van der Waals surface area contributed by atoms with Gasteiger partial charge >= 0.3 is 0 Å². The number of phenolic OH excluding ortho intramolecular Hbond substituents is 3. The van der Waals surface area contributed by atoms with E-state index in [1.807, 2.05) is 0 Å². The van der Waals surface area contributed by atoms with Crippen molar-refractivity contribution in [3.8, 4) is 34.1 Å². The average molecular weight is 322 g/mol. The molecule has 5 heteroatoms. The van der Waals surface area contributed by atoms with Gasteiger partial charge in [0.1, 0.15) is 22.8 Å². The number of fused-ring (bicyclic) bond motifs is 3. The van der Waals surface area contributed by atoms with Crippen LogP contribution in [-0.2, 0) is 0 Å². The van der Waals surface area contributed by atoms with Crippen molar-refractivity contribution in [2.45, 2.75) is 0 Å². The van der Waals surface area contributed by atoms with Crippen LogP contribution in [0, 0.1) is 0 Å². The second-order valence-electron chi connectivity index (χ2n) is 5.51. The van der Waals surface area contributed by atoms with Gasteiger partial charge < -0.3 is 24.5 Å². The van der Waals surface area contributed by atoms with Crippen molar-refractivity contribution in [3.63, 3.8) is 0 Å². The minimum Gasteiger partial charge on any atom is -0.508 e. The summed E-state index contributed by atoms with van der Waals surface area (Å²) in [6.07, 6.45) is 0. The number of benzene rings is 3. The summed E-state index contributed by atoms with van der Waals surface area (Å²) in [5.41, 5.74) is 2.00. The highest BCUT2D eigenvalue weighted by Gasteiger charge is 2.20. The van der Waals surface area contributed by atoms with Gasteiger partial charge in [0.2, 0.25) is 0 Å². The van der Waals surface area contributed by atoms with Gasteiger partial charge in [-0.05, 0) is 35.9 Å². The lowest BCUT2D eigenvalue weighted by Crippen LogP contribution is -1.87. The molecule has 5 nitrogen and oxygen atoms in total. The molecule has 0 bridgehead atoms. The first-order chi connectivity index (χ1) is 11.6. The van der Waals surface area contributed by atoms with E-state index in [1.54, 1.807) is 49.6 Å². The average Bonchev–Trinajstić information content (AvgIpc) is 2.95. The predicted octanol–water partition coefficient (Wildman–Crippen LogP) is 4.38. The SMILES string of the molecule is COc1cc(-c2ccc(O)cc2)c(O)c2oc3cc(O)ccc3c12. The van der Waals surface area contributed by atoms with Gasteiger partial charge in [0.25, 0.3) is 0 Å². The Morgan fingerprint density at radius 3 is 2.29 bits per heavy atom. The number of phenols is 3. The Kier molecular flexibility index (Phi) is 3.03. The van der Waals surface area contributed by atoms with Crippen LogP contribution in [0.3, 0.4) is 0 Å². The zero-order valence-electron chi connectivity index (χ0n) is 12.8. The van der Waals surface area contributed by atoms with Crippen molar-refractivity contribution in [2.24, 2.45) is 0 Å². The minimum absolute atomic E-state index is 0.0211. The highest BCUT2D eigenvalue weighted by molar-refractivity contribution is 6.12. The fourth-order valence-corrected chi connectivity index (χ4v) is 2.91. The Morgan fingerprint density at radius 2 is 1.58 bits per heavy atom.